The van der Waals surface area contributed by atoms with Gasteiger partial charge in [-0.3, -0.25) is 9.59 Å². The van der Waals surface area contributed by atoms with Crippen LogP contribution in [0, 0.1) is 22.7 Å². The first-order valence-corrected chi connectivity index (χ1v) is 11.3. The second kappa shape index (κ2) is 9.35. The van der Waals surface area contributed by atoms with E-state index in [1.54, 1.807) is 6.08 Å². The molecule has 3 rings (SSSR count). The van der Waals surface area contributed by atoms with E-state index >= 15 is 0 Å². The quantitative estimate of drug-likeness (QED) is 0.320. The highest BCUT2D eigenvalue weighted by Gasteiger charge is 2.57. The van der Waals surface area contributed by atoms with Gasteiger partial charge in [0.1, 0.15) is 13.2 Å². The van der Waals surface area contributed by atoms with Crippen LogP contribution in [0.2, 0.25) is 0 Å². The molecule has 0 aromatic rings. The first-order chi connectivity index (χ1) is 15.0. The standard InChI is InChI=1S/C24H35NO7/c1-14-5-8-19-23(3,10-9-20(28)24(19,4)13-26)17(14)7-6-16-18(12-31-22(16)30)32-21(29)11-25-15(2)27/h6,17-20,26,28H,1,5,7-13H2,2-4H3,(H,25,27)/b16-6+/t17-,18?,19?,20?,23+,24-/m0/s1. The fourth-order valence-corrected chi connectivity index (χ4v) is 6.05. The number of amides is 1. The van der Waals surface area contributed by atoms with Crippen molar-refractivity contribution >= 4 is 17.8 Å². The Balaban J connectivity index is 1.78. The van der Waals surface area contributed by atoms with Crippen molar-refractivity contribution in [2.75, 3.05) is 19.8 Å². The number of hydrogen-bond acceptors (Lipinski definition) is 7. The molecule has 3 unspecified atom stereocenters. The average molecular weight is 450 g/mol. The van der Waals surface area contributed by atoms with Gasteiger partial charge in [0.05, 0.1) is 18.3 Å². The number of carbonyl (C=O) groups excluding carboxylic acids is 3. The average Bonchev–Trinajstić information content (AvgIpc) is 3.08. The second-order valence-corrected chi connectivity index (χ2v) is 9.91. The van der Waals surface area contributed by atoms with E-state index in [-0.39, 0.29) is 42.9 Å². The third kappa shape index (κ3) is 4.48. The maximum atomic E-state index is 12.3. The minimum atomic E-state index is -0.805. The molecule has 1 saturated heterocycles. The highest BCUT2D eigenvalue weighted by molar-refractivity contribution is 5.92. The topological polar surface area (TPSA) is 122 Å². The van der Waals surface area contributed by atoms with E-state index in [1.165, 1.54) is 6.92 Å². The molecule has 2 aliphatic carbocycles. The number of aliphatic hydroxyl groups excluding tert-OH is 2. The minimum absolute atomic E-state index is 0.0449. The summed E-state index contributed by atoms with van der Waals surface area (Å²) >= 11 is 0. The molecule has 3 aliphatic rings. The molecule has 0 aromatic heterocycles. The van der Waals surface area contributed by atoms with Crippen molar-refractivity contribution in [2.45, 2.75) is 65.1 Å². The lowest BCUT2D eigenvalue weighted by atomic mass is 9.46. The van der Waals surface area contributed by atoms with Crippen LogP contribution in [0.3, 0.4) is 0 Å². The van der Waals surface area contributed by atoms with E-state index in [9.17, 15) is 24.6 Å². The number of carbonyl (C=O) groups is 3. The number of cyclic esters (lactones) is 1. The van der Waals surface area contributed by atoms with Crippen LogP contribution in [0.5, 0.6) is 0 Å². The molecule has 178 valence electrons. The van der Waals surface area contributed by atoms with Gasteiger partial charge in [0.15, 0.2) is 6.10 Å². The summed E-state index contributed by atoms with van der Waals surface area (Å²) in [5.74, 6) is -1.30. The maximum absolute atomic E-state index is 12.3. The molecular weight excluding hydrogens is 414 g/mol. The van der Waals surface area contributed by atoms with Gasteiger partial charge >= 0.3 is 11.9 Å². The third-order valence-electron chi connectivity index (χ3n) is 7.97. The SMILES string of the molecule is C=C1CCC2[C@](C)(CO)C(O)CC[C@]2(C)[C@H]1C/C=C1/C(=O)OCC1OC(=O)CNC(C)=O. The van der Waals surface area contributed by atoms with Gasteiger partial charge in [0.2, 0.25) is 5.91 Å². The second-order valence-electron chi connectivity index (χ2n) is 9.91. The number of esters is 2. The van der Waals surface area contributed by atoms with Crippen molar-refractivity contribution in [3.63, 3.8) is 0 Å². The molecule has 2 saturated carbocycles. The minimum Gasteiger partial charge on any atom is -0.458 e. The van der Waals surface area contributed by atoms with Crippen molar-refractivity contribution in [1.82, 2.24) is 5.32 Å². The molecule has 3 N–H and O–H groups in total. The van der Waals surface area contributed by atoms with Gasteiger partial charge in [0.25, 0.3) is 0 Å². The summed E-state index contributed by atoms with van der Waals surface area (Å²) in [7, 11) is 0. The van der Waals surface area contributed by atoms with Gasteiger partial charge in [0, 0.05) is 12.3 Å². The monoisotopic (exact) mass is 449 g/mol. The van der Waals surface area contributed by atoms with Crippen LogP contribution in [-0.4, -0.2) is 60.0 Å². The Bertz CT molecular complexity index is 821. The van der Waals surface area contributed by atoms with Crippen LogP contribution in [0.1, 0.15) is 52.9 Å². The molecule has 1 aliphatic heterocycles. The number of ether oxygens (including phenoxy) is 2. The summed E-state index contributed by atoms with van der Waals surface area (Å²) in [6.07, 6.45) is 4.05. The van der Waals surface area contributed by atoms with Crippen molar-refractivity contribution in [3.05, 3.63) is 23.8 Å². The Morgan fingerprint density at radius 1 is 1.34 bits per heavy atom. The molecule has 0 aromatic carbocycles. The molecule has 6 atom stereocenters. The van der Waals surface area contributed by atoms with E-state index in [0.29, 0.717) is 18.4 Å². The number of hydrogen-bond donors (Lipinski definition) is 3. The van der Waals surface area contributed by atoms with Gasteiger partial charge in [-0.25, -0.2) is 4.79 Å². The van der Waals surface area contributed by atoms with Crippen molar-refractivity contribution in [3.8, 4) is 0 Å². The van der Waals surface area contributed by atoms with Gasteiger partial charge in [-0.2, -0.15) is 0 Å². The molecule has 8 nitrogen and oxygen atoms in total. The fraction of sp³-hybridized carbons (Fsp3) is 0.708. The van der Waals surface area contributed by atoms with Crippen molar-refractivity contribution in [2.24, 2.45) is 22.7 Å². The lowest BCUT2D eigenvalue weighted by molar-refractivity contribution is -0.151. The van der Waals surface area contributed by atoms with E-state index in [4.69, 9.17) is 9.47 Å². The van der Waals surface area contributed by atoms with Crippen LogP contribution in [-0.2, 0) is 23.9 Å². The molecule has 1 heterocycles. The molecule has 8 heteroatoms. The number of rotatable bonds is 6. The zero-order chi connectivity index (χ0) is 23.7. The number of nitrogens with one attached hydrogen (secondary N) is 1. The Kier molecular flexibility index (Phi) is 7.15. The van der Waals surface area contributed by atoms with Gasteiger partial charge < -0.3 is 25.0 Å². The van der Waals surface area contributed by atoms with E-state index < -0.39 is 29.6 Å². The summed E-state index contributed by atoms with van der Waals surface area (Å²) in [5, 5.41) is 23.1. The fourth-order valence-electron chi connectivity index (χ4n) is 6.05. The van der Waals surface area contributed by atoms with Crippen molar-refractivity contribution in [1.29, 1.82) is 0 Å². The summed E-state index contributed by atoms with van der Waals surface area (Å²) in [6, 6.07) is 0. The molecule has 3 fully saturated rings. The van der Waals surface area contributed by atoms with Gasteiger partial charge in [-0.15, -0.1) is 0 Å². The number of fused-ring (bicyclic) bond motifs is 1. The Morgan fingerprint density at radius 2 is 2.06 bits per heavy atom. The summed E-state index contributed by atoms with van der Waals surface area (Å²) < 4.78 is 10.5. The molecule has 0 radical (unpaired) electrons. The first kappa shape index (κ1) is 24.5. The zero-order valence-corrected chi connectivity index (χ0v) is 19.2. The molecule has 0 bridgehead atoms. The van der Waals surface area contributed by atoms with E-state index in [0.717, 1.165) is 24.8 Å². The molecule has 32 heavy (non-hydrogen) atoms. The van der Waals surface area contributed by atoms with Crippen molar-refractivity contribution < 1.29 is 34.1 Å². The largest absolute Gasteiger partial charge is 0.458 e. The van der Waals surface area contributed by atoms with Gasteiger partial charge in [-0.05, 0) is 49.4 Å². The predicted octanol–water partition coefficient (Wildman–Crippen LogP) is 1.65. The third-order valence-corrected chi connectivity index (χ3v) is 7.97. The lowest BCUT2D eigenvalue weighted by Crippen LogP contribution is -2.57. The lowest BCUT2D eigenvalue weighted by Gasteiger charge is -2.59. The number of allylic oxidation sites excluding steroid dienone is 2. The Morgan fingerprint density at radius 3 is 2.72 bits per heavy atom. The predicted molar refractivity (Wildman–Crippen MR) is 116 cm³/mol. The smallest absolute Gasteiger partial charge is 0.337 e. The summed E-state index contributed by atoms with van der Waals surface area (Å²) in [4.78, 5) is 35.3. The highest BCUT2D eigenvalue weighted by Crippen LogP contribution is 2.61. The van der Waals surface area contributed by atoms with Crippen LogP contribution < -0.4 is 5.32 Å². The molecule has 1 amide bonds. The van der Waals surface area contributed by atoms with Crippen LogP contribution in [0.15, 0.2) is 23.8 Å². The normalized spacial score (nSPS) is 38.2. The highest BCUT2D eigenvalue weighted by atomic mass is 16.6. The summed E-state index contributed by atoms with van der Waals surface area (Å²) in [6.45, 7) is 9.37. The van der Waals surface area contributed by atoms with E-state index in [2.05, 4.69) is 18.8 Å². The van der Waals surface area contributed by atoms with Crippen LogP contribution in [0.4, 0.5) is 0 Å². The molecule has 0 spiro atoms. The molecular formula is C24H35NO7. The van der Waals surface area contributed by atoms with Crippen LogP contribution >= 0.6 is 0 Å². The van der Waals surface area contributed by atoms with E-state index in [1.807, 2.05) is 6.92 Å². The number of aliphatic hydroxyl groups is 2. The van der Waals surface area contributed by atoms with Gasteiger partial charge in [-0.1, -0.05) is 32.1 Å². The summed E-state index contributed by atoms with van der Waals surface area (Å²) in [5.41, 5.74) is 0.652. The maximum Gasteiger partial charge on any atom is 0.337 e. The Labute approximate surface area is 189 Å². The Hall–Kier alpha value is -2.19. The zero-order valence-electron chi connectivity index (χ0n) is 19.2. The first-order valence-electron chi connectivity index (χ1n) is 11.3. The van der Waals surface area contributed by atoms with Crippen LogP contribution in [0.25, 0.3) is 0 Å².